The highest BCUT2D eigenvalue weighted by molar-refractivity contribution is 7.92. The van der Waals surface area contributed by atoms with Crippen LogP contribution in [0.1, 0.15) is 11.1 Å². The fourth-order valence-corrected chi connectivity index (χ4v) is 6.05. The smallest absolute Gasteiger partial charge is 0.264 e. The van der Waals surface area contributed by atoms with Gasteiger partial charge in [0.1, 0.15) is 0 Å². The Kier molecular flexibility index (Phi) is 6.09. The Morgan fingerprint density at radius 1 is 0.743 bits per heavy atom. The van der Waals surface area contributed by atoms with Crippen molar-refractivity contribution in [2.24, 2.45) is 0 Å². The van der Waals surface area contributed by atoms with Gasteiger partial charge in [0.2, 0.25) is 0 Å². The van der Waals surface area contributed by atoms with E-state index in [9.17, 15) is 13.5 Å². The summed E-state index contributed by atoms with van der Waals surface area (Å²) in [4.78, 5) is 0.202. The molecule has 1 aromatic heterocycles. The summed E-state index contributed by atoms with van der Waals surface area (Å²) >= 11 is 0. The molecule has 0 saturated carbocycles. The highest BCUT2D eigenvalue weighted by atomic mass is 32.2. The van der Waals surface area contributed by atoms with Gasteiger partial charge in [0.25, 0.3) is 10.0 Å². The van der Waals surface area contributed by atoms with Crippen LogP contribution < -0.4 is 4.31 Å². The lowest BCUT2D eigenvalue weighted by atomic mass is 10.2. The lowest BCUT2D eigenvalue weighted by molar-refractivity contribution is 0.166. The molecule has 0 unspecified atom stereocenters. The predicted molar refractivity (Wildman–Crippen MR) is 142 cm³/mol. The number of para-hydroxylation sites is 2. The van der Waals surface area contributed by atoms with Crippen molar-refractivity contribution in [1.82, 2.24) is 4.57 Å². The standard InChI is InChI=1S/C29H28N2O3S/c1-21-11-15-23(16-12-21)31(35(33,34)25-17-13-22(2)14-18-25)20-24(32)19-30-28-9-5-3-7-26(28)27-8-4-6-10-29(27)30/h3-18,24,32H,19-20H2,1-2H3/t24-/m1/s1. The van der Waals surface area contributed by atoms with Crippen molar-refractivity contribution in [3.8, 4) is 0 Å². The number of aliphatic hydroxyl groups excluding tert-OH is 1. The van der Waals surface area contributed by atoms with E-state index in [0.717, 1.165) is 32.9 Å². The van der Waals surface area contributed by atoms with Gasteiger partial charge in [-0.3, -0.25) is 4.31 Å². The van der Waals surface area contributed by atoms with Crippen LogP contribution in [0.2, 0.25) is 0 Å². The number of anilines is 1. The highest BCUT2D eigenvalue weighted by Gasteiger charge is 2.28. The third-order valence-corrected chi connectivity index (χ3v) is 8.19. The molecule has 0 amide bonds. The Labute approximate surface area is 205 Å². The molecule has 6 heteroatoms. The zero-order valence-electron chi connectivity index (χ0n) is 19.8. The van der Waals surface area contributed by atoms with Crippen LogP contribution in [0.15, 0.2) is 102 Å². The number of nitrogens with zero attached hydrogens (tertiary/aromatic N) is 2. The Balaban J connectivity index is 1.53. The first kappa shape index (κ1) is 23.1. The second-order valence-electron chi connectivity index (χ2n) is 8.98. The molecule has 4 aromatic carbocycles. The molecule has 0 bridgehead atoms. The molecule has 5 nitrogen and oxygen atoms in total. The maximum Gasteiger partial charge on any atom is 0.264 e. The van der Waals surface area contributed by atoms with Crippen molar-refractivity contribution in [3.63, 3.8) is 0 Å². The number of hydrogen-bond donors (Lipinski definition) is 1. The molecule has 1 heterocycles. The molecular weight excluding hydrogens is 456 g/mol. The molecule has 5 aromatic rings. The van der Waals surface area contributed by atoms with Crippen molar-refractivity contribution in [2.75, 3.05) is 10.8 Å². The van der Waals surface area contributed by atoms with E-state index in [0.29, 0.717) is 5.69 Å². The third kappa shape index (κ3) is 4.43. The number of aromatic nitrogens is 1. The Morgan fingerprint density at radius 3 is 1.77 bits per heavy atom. The van der Waals surface area contributed by atoms with Gasteiger partial charge in [0.15, 0.2) is 0 Å². The van der Waals surface area contributed by atoms with Gasteiger partial charge in [-0.25, -0.2) is 8.42 Å². The molecular formula is C29H28N2O3S. The summed E-state index contributed by atoms with van der Waals surface area (Å²) in [6.07, 6.45) is -0.935. The topological polar surface area (TPSA) is 62.5 Å². The Hall–Kier alpha value is -3.61. The van der Waals surface area contributed by atoms with Crippen LogP contribution in [0.25, 0.3) is 21.8 Å². The van der Waals surface area contributed by atoms with E-state index in [2.05, 4.69) is 16.7 Å². The van der Waals surface area contributed by atoms with Crippen LogP contribution in [0, 0.1) is 13.8 Å². The molecule has 0 saturated heterocycles. The zero-order chi connectivity index (χ0) is 24.6. The summed E-state index contributed by atoms with van der Waals surface area (Å²) in [6.45, 7) is 4.07. The molecule has 0 aliphatic heterocycles. The second-order valence-corrected chi connectivity index (χ2v) is 10.8. The monoisotopic (exact) mass is 484 g/mol. The number of benzene rings is 4. The van der Waals surface area contributed by atoms with Gasteiger partial charge in [-0.1, -0.05) is 71.8 Å². The number of hydrogen-bond acceptors (Lipinski definition) is 3. The second kappa shape index (κ2) is 9.21. The van der Waals surface area contributed by atoms with Crippen LogP contribution in [0.3, 0.4) is 0 Å². The molecule has 1 atom stereocenters. The van der Waals surface area contributed by atoms with Gasteiger partial charge in [-0.15, -0.1) is 0 Å². The highest BCUT2D eigenvalue weighted by Crippen LogP contribution is 2.30. The van der Waals surface area contributed by atoms with E-state index < -0.39 is 16.1 Å². The Bertz CT molecular complexity index is 1530. The fourth-order valence-electron chi connectivity index (χ4n) is 4.55. The molecule has 0 spiro atoms. The Morgan fingerprint density at radius 2 is 1.23 bits per heavy atom. The minimum absolute atomic E-state index is 0.0693. The van der Waals surface area contributed by atoms with Gasteiger partial charge in [0.05, 0.1) is 29.8 Å². The van der Waals surface area contributed by atoms with Gasteiger partial charge in [-0.2, -0.15) is 0 Å². The molecule has 0 aliphatic rings. The number of rotatable bonds is 7. The maximum atomic E-state index is 13.7. The number of aryl methyl sites for hydroxylation is 2. The summed E-state index contributed by atoms with van der Waals surface area (Å²) in [7, 11) is -3.88. The molecule has 0 radical (unpaired) electrons. The predicted octanol–water partition coefficient (Wildman–Crippen LogP) is 5.67. The van der Waals surface area contributed by atoms with Gasteiger partial charge < -0.3 is 9.67 Å². The first-order valence-electron chi connectivity index (χ1n) is 11.6. The molecule has 35 heavy (non-hydrogen) atoms. The number of sulfonamides is 1. The van der Waals surface area contributed by atoms with E-state index >= 15 is 0 Å². The average molecular weight is 485 g/mol. The SMILES string of the molecule is Cc1ccc(N(C[C@H](O)Cn2c3ccccc3c3ccccc32)S(=O)(=O)c2ccc(C)cc2)cc1. The molecule has 1 N–H and O–H groups in total. The maximum absolute atomic E-state index is 13.7. The summed E-state index contributed by atoms with van der Waals surface area (Å²) in [5.41, 5.74) is 4.56. The van der Waals surface area contributed by atoms with Gasteiger partial charge >= 0.3 is 0 Å². The van der Waals surface area contributed by atoms with Crippen LogP contribution in [0.5, 0.6) is 0 Å². The van der Waals surface area contributed by atoms with E-state index in [1.807, 2.05) is 62.4 Å². The van der Waals surface area contributed by atoms with Crippen LogP contribution in [-0.4, -0.2) is 30.7 Å². The van der Waals surface area contributed by atoms with Crippen molar-refractivity contribution < 1.29 is 13.5 Å². The van der Waals surface area contributed by atoms with E-state index in [1.54, 1.807) is 36.4 Å². The summed E-state index contributed by atoms with van der Waals surface area (Å²) < 4.78 is 30.8. The molecule has 0 aliphatic carbocycles. The summed E-state index contributed by atoms with van der Waals surface area (Å²) in [6, 6.07) is 30.3. The van der Waals surface area contributed by atoms with Gasteiger partial charge in [0, 0.05) is 21.8 Å². The van der Waals surface area contributed by atoms with E-state index in [-0.39, 0.29) is 18.0 Å². The van der Waals surface area contributed by atoms with Crippen LogP contribution in [0.4, 0.5) is 5.69 Å². The van der Waals surface area contributed by atoms with E-state index in [4.69, 9.17) is 0 Å². The van der Waals surface area contributed by atoms with Crippen molar-refractivity contribution in [1.29, 1.82) is 0 Å². The zero-order valence-corrected chi connectivity index (χ0v) is 20.6. The minimum Gasteiger partial charge on any atom is -0.389 e. The summed E-state index contributed by atoms with van der Waals surface area (Å²) in [5.74, 6) is 0. The lowest BCUT2D eigenvalue weighted by Gasteiger charge is -2.27. The van der Waals surface area contributed by atoms with Gasteiger partial charge in [-0.05, 0) is 50.2 Å². The van der Waals surface area contributed by atoms with Crippen LogP contribution >= 0.6 is 0 Å². The van der Waals surface area contributed by atoms with Crippen molar-refractivity contribution in [3.05, 3.63) is 108 Å². The first-order valence-corrected chi connectivity index (χ1v) is 13.1. The normalized spacial score (nSPS) is 12.8. The lowest BCUT2D eigenvalue weighted by Crippen LogP contribution is -2.39. The van der Waals surface area contributed by atoms with Crippen molar-refractivity contribution >= 4 is 37.5 Å². The number of aliphatic hydroxyl groups is 1. The summed E-state index contributed by atoms with van der Waals surface area (Å²) in [5, 5.41) is 13.5. The largest absolute Gasteiger partial charge is 0.389 e. The first-order chi connectivity index (χ1) is 16.8. The van der Waals surface area contributed by atoms with Crippen LogP contribution in [-0.2, 0) is 16.6 Å². The quantitative estimate of drug-likeness (QED) is 0.324. The molecule has 5 rings (SSSR count). The average Bonchev–Trinajstić information content (AvgIpc) is 3.17. The third-order valence-electron chi connectivity index (χ3n) is 6.38. The van der Waals surface area contributed by atoms with E-state index in [1.165, 1.54) is 4.31 Å². The van der Waals surface area contributed by atoms with Crippen molar-refractivity contribution in [2.45, 2.75) is 31.4 Å². The molecule has 178 valence electrons. The number of fused-ring (bicyclic) bond motifs is 3. The molecule has 0 fully saturated rings. The minimum atomic E-state index is -3.88. The fraction of sp³-hybridized carbons (Fsp3) is 0.172.